The van der Waals surface area contributed by atoms with Gasteiger partial charge in [0.05, 0.1) is 0 Å². The third kappa shape index (κ3) is 3.82. The van der Waals surface area contributed by atoms with Crippen LogP contribution in [0, 0.1) is 6.92 Å². The lowest BCUT2D eigenvalue weighted by Gasteiger charge is -2.12. The van der Waals surface area contributed by atoms with Crippen LogP contribution in [-0.4, -0.2) is 15.4 Å². The van der Waals surface area contributed by atoms with Crippen molar-refractivity contribution in [2.75, 3.05) is 5.32 Å². The lowest BCUT2D eigenvalue weighted by Crippen LogP contribution is -2.15. The fourth-order valence-electron chi connectivity index (χ4n) is 1.67. The quantitative estimate of drug-likeness (QED) is 0.881. The summed E-state index contributed by atoms with van der Waals surface area (Å²) >= 11 is 1.43. The Balaban J connectivity index is 1.80. The van der Waals surface area contributed by atoms with Crippen molar-refractivity contribution in [3.63, 3.8) is 0 Å². The van der Waals surface area contributed by atoms with E-state index in [1.165, 1.54) is 17.1 Å². The van der Waals surface area contributed by atoms with Crippen LogP contribution in [0.15, 0.2) is 30.3 Å². The number of anilines is 1. The molecule has 0 amide bonds. The smallest absolute Gasteiger partial charge is 0.202 e. The van der Waals surface area contributed by atoms with Gasteiger partial charge < -0.3 is 5.32 Å². The van der Waals surface area contributed by atoms with Crippen LogP contribution in [0.1, 0.15) is 24.7 Å². The number of aryl methyl sites for hydroxylation is 2. The second-order valence-electron chi connectivity index (χ2n) is 4.22. The van der Waals surface area contributed by atoms with Crippen molar-refractivity contribution in [3.05, 3.63) is 41.7 Å². The maximum Gasteiger partial charge on any atom is 0.202 e. The molecule has 0 bridgehead atoms. The maximum atomic E-state index is 4.30. The molecule has 1 unspecified atom stereocenters. The lowest BCUT2D eigenvalue weighted by molar-refractivity contribution is 0.705. The molecule has 17 heavy (non-hydrogen) atoms. The largest absolute Gasteiger partial charge is 0.358 e. The first-order valence-electron chi connectivity index (χ1n) is 5.85. The predicted octanol–water partition coefficient (Wildman–Crippen LogP) is 3.28. The molecule has 1 aromatic heterocycles. The zero-order valence-corrected chi connectivity index (χ0v) is 11.0. The highest BCUT2D eigenvalue weighted by Gasteiger charge is 2.05. The van der Waals surface area contributed by atoms with Crippen LogP contribution >= 0.6 is 11.5 Å². The number of hydrogen-bond donors (Lipinski definition) is 1. The standard InChI is InChI=1S/C13H17N3S/c1-10(14-13-15-11(2)16-17-13)8-9-12-6-4-3-5-7-12/h3-7,10H,8-9H2,1-2H3,(H,14,15,16). The van der Waals surface area contributed by atoms with E-state index in [1.807, 2.05) is 6.92 Å². The summed E-state index contributed by atoms with van der Waals surface area (Å²) in [5, 5.41) is 4.30. The maximum absolute atomic E-state index is 4.30. The third-order valence-electron chi connectivity index (χ3n) is 2.61. The molecule has 0 aliphatic rings. The van der Waals surface area contributed by atoms with E-state index in [4.69, 9.17) is 0 Å². The highest BCUT2D eigenvalue weighted by Crippen LogP contribution is 2.13. The summed E-state index contributed by atoms with van der Waals surface area (Å²) in [7, 11) is 0. The summed E-state index contributed by atoms with van der Waals surface area (Å²) in [5.41, 5.74) is 1.38. The summed E-state index contributed by atoms with van der Waals surface area (Å²) in [6.07, 6.45) is 2.19. The molecule has 0 saturated heterocycles. The molecule has 1 N–H and O–H groups in total. The van der Waals surface area contributed by atoms with Crippen LogP contribution in [0.5, 0.6) is 0 Å². The van der Waals surface area contributed by atoms with E-state index in [0.29, 0.717) is 6.04 Å². The third-order valence-corrected chi connectivity index (χ3v) is 3.34. The van der Waals surface area contributed by atoms with Gasteiger partial charge in [-0.3, -0.25) is 0 Å². The van der Waals surface area contributed by atoms with Gasteiger partial charge in [0.15, 0.2) is 0 Å². The van der Waals surface area contributed by atoms with Gasteiger partial charge in [-0.1, -0.05) is 30.3 Å². The van der Waals surface area contributed by atoms with Crippen molar-refractivity contribution in [1.82, 2.24) is 9.36 Å². The Hall–Kier alpha value is -1.42. The topological polar surface area (TPSA) is 37.8 Å². The number of nitrogens with one attached hydrogen (secondary N) is 1. The SMILES string of the molecule is Cc1nsc(NC(C)CCc2ccccc2)n1. The lowest BCUT2D eigenvalue weighted by atomic mass is 10.1. The molecule has 0 spiro atoms. The van der Waals surface area contributed by atoms with Crippen LogP contribution in [0.4, 0.5) is 5.13 Å². The van der Waals surface area contributed by atoms with Crippen LogP contribution in [-0.2, 0) is 6.42 Å². The van der Waals surface area contributed by atoms with Crippen molar-refractivity contribution >= 4 is 16.7 Å². The molecule has 3 nitrogen and oxygen atoms in total. The summed E-state index contributed by atoms with van der Waals surface area (Å²) < 4.78 is 4.16. The summed E-state index contributed by atoms with van der Waals surface area (Å²) in [6.45, 7) is 4.09. The van der Waals surface area contributed by atoms with Gasteiger partial charge in [-0.25, -0.2) is 4.98 Å². The molecule has 90 valence electrons. The molecular weight excluding hydrogens is 230 g/mol. The van der Waals surface area contributed by atoms with Gasteiger partial charge in [-0.15, -0.1) is 0 Å². The summed E-state index contributed by atoms with van der Waals surface area (Å²) in [5.74, 6) is 0.841. The molecular formula is C13H17N3S. The normalized spacial score (nSPS) is 12.4. The van der Waals surface area contributed by atoms with Gasteiger partial charge in [0.1, 0.15) is 5.82 Å². The highest BCUT2D eigenvalue weighted by molar-refractivity contribution is 7.09. The molecule has 0 saturated carbocycles. The Morgan fingerprint density at radius 1 is 1.29 bits per heavy atom. The number of nitrogens with zero attached hydrogens (tertiary/aromatic N) is 2. The Labute approximate surface area is 106 Å². The van der Waals surface area contributed by atoms with Crippen molar-refractivity contribution in [2.24, 2.45) is 0 Å². The fourth-order valence-corrected chi connectivity index (χ4v) is 2.35. The van der Waals surface area contributed by atoms with E-state index in [0.717, 1.165) is 23.8 Å². The fraction of sp³-hybridized carbons (Fsp3) is 0.385. The number of benzene rings is 1. The molecule has 2 rings (SSSR count). The molecule has 0 aliphatic carbocycles. The monoisotopic (exact) mass is 247 g/mol. The predicted molar refractivity (Wildman–Crippen MR) is 72.5 cm³/mol. The first kappa shape index (κ1) is 12.0. The van der Waals surface area contributed by atoms with E-state index < -0.39 is 0 Å². The zero-order valence-electron chi connectivity index (χ0n) is 10.2. The first-order valence-corrected chi connectivity index (χ1v) is 6.62. The van der Waals surface area contributed by atoms with Gasteiger partial charge in [-0.05, 0) is 32.3 Å². The Bertz CT molecular complexity index is 453. The van der Waals surface area contributed by atoms with Gasteiger partial charge in [-0.2, -0.15) is 4.37 Å². The molecule has 4 heteroatoms. The summed E-state index contributed by atoms with van der Waals surface area (Å²) in [4.78, 5) is 4.30. The number of rotatable bonds is 5. The Morgan fingerprint density at radius 2 is 2.06 bits per heavy atom. The number of aromatic nitrogens is 2. The second kappa shape index (κ2) is 5.77. The van der Waals surface area contributed by atoms with E-state index in [1.54, 1.807) is 0 Å². The van der Waals surface area contributed by atoms with Crippen molar-refractivity contribution < 1.29 is 0 Å². The van der Waals surface area contributed by atoms with Gasteiger partial charge in [0.25, 0.3) is 0 Å². The van der Waals surface area contributed by atoms with Crippen molar-refractivity contribution in [2.45, 2.75) is 32.7 Å². The number of hydrogen-bond acceptors (Lipinski definition) is 4. The van der Waals surface area contributed by atoms with Crippen molar-refractivity contribution in [3.8, 4) is 0 Å². The average molecular weight is 247 g/mol. The van der Waals surface area contributed by atoms with Gasteiger partial charge >= 0.3 is 0 Å². The van der Waals surface area contributed by atoms with Gasteiger partial charge in [0, 0.05) is 17.6 Å². The van der Waals surface area contributed by atoms with Crippen LogP contribution < -0.4 is 5.32 Å². The Kier molecular flexibility index (Phi) is 4.09. The van der Waals surface area contributed by atoms with Crippen LogP contribution in [0.3, 0.4) is 0 Å². The Morgan fingerprint density at radius 3 is 2.71 bits per heavy atom. The van der Waals surface area contributed by atoms with Crippen LogP contribution in [0.2, 0.25) is 0 Å². The molecule has 1 atom stereocenters. The molecule has 0 radical (unpaired) electrons. The van der Waals surface area contributed by atoms with Crippen LogP contribution in [0.25, 0.3) is 0 Å². The van der Waals surface area contributed by atoms with E-state index in [2.05, 4.69) is 51.9 Å². The zero-order chi connectivity index (χ0) is 12.1. The van der Waals surface area contributed by atoms with E-state index in [9.17, 15) is 0 Å². The molecule has 0 aliphatic heterocycles. The average Bonchev–Trinajstić information content (AvgIpc) is 2.73. The molecule has 2 aromatic rings. The minimum absolute atomic E-state index is 0.419. The minimum atomic E-state index is 0.419. The summed E-state index contributed by atoms with van der Waals surface area (Å²) in [6, 6.07) is 11.0. The molecule has 1 aromatic carbocycles. The second-order valence-corrected chi connectivity index (χ2v) is 4.97. The molecule has 0 fully saturated rings. The van der Waals surface area contributed by atoms with E-state index >= 15 is 0 Å². The molecule has 1 heterocycles. The van der Waals surface area contributed by atoms with Crippen molar-refractivity contribution in [1.29, 1.82) is 0 Å². The first-order chi connectivity index (χ1) is 8.24. The van der Waals surface area contributed by atoms with E-state index in [-0.39, 0.29) is 0 Å². The minimum Gasteiger partial charge on any atom is -0.358 e. The highest BCUT2D eigenvalue weighted by atomic mass is 32.1. The van der Waals surface area contributed by atoms with Gasteiger partial charge in [0.2, 0.25) is 5.13 Å².